The molecular formula is C37H66N4O6SSi. The molecule has 1 aromatic heterocycles. The molecule has 5 atom stereocenters. The average Bonchev–Trinajstić information content (AvgIpc) is 3.59. The van der Waals surface area contributed by atoms with E-state index in [-0.39, 0.29) is 47.2 Å². The summed E-state index contributed by atoms with van der Waals surface area (Å²) in [6.07, 6.45) is 5.91. The van der Waals surface area contributed by atoms with Crippen molar-refractivity contribution in [3.8, 4) is 0 Å². The van der Waals surface area contributed by atoms with E-state index in [1.54, 1.807) is 5.38 Å². The van der Waals surface area contributed by atoms with Crippen LogP contribution >= 0.6 is 11.3 Å². The molecule has 49 heavy (non-hydrogen) atoms. The second kappa shape index (κ2) is 21.3. The Balaban J connectivity index is 2.59. The van der Waals surface area contributed by atoms with Crippen molar-refractivity contribution in [1.82, 2.24) is 20.1 Å². The van der Waals surface area contributed by atoms with Crippen LogP contribution in [0.1, 0.15) is 135 Å². The van der Waals surface area contributed by atoms with Gasteiger partial charge in [-0.25, -0.2) is 9.78 Å². The maximum absolute atomic E-state index is 14.9. The maximum Gasteiger partial charge on any atom is 0.357 e. The maximum atomic E-state index is 14.9. The van der Waals surface area contributed by atoms with Crippen molar-refractivity contribution in [3.63, 3.8) is 0 Å². The second-order valence-electron chi connectivity index (χ2n) is 14.2. The summed E-state index contributed by atoms with van der Waals surface area (Å²) in [5.74, 6) is -0.538. The fourth-order valence-electron chi connectivity index (χ4n) is 6.92. The van der Waals surface area contributed by atoms with Gasteiger partial charge in [0.05, 0.1) is 19.3 Å². The predicted octanol–water partition coefficient (Wildman–Crippen LogP) is 7.40. The Kier molecular flexibility index (Phi) is 18.7. The second-order valence-corrected chi connectivity index (χ2v) is 19.9. The van der Waals surface area contributed by atoms with Crippen LogP contribution in [-0.2, 0) is 23.5 Å². The van der Waals surface area contributed by atoms with Crippen LogP contribution in [0, 0.1) is 11.8 Å². The summed E-state index contributed by atoms with van der Waals surface area (Å²) in [5, 5.41) is 5.63. The van der Waals surface area contributed by atoms with Crippen LogP contribution < -0.4 is 5.32 Å². The molecule has 0 aliphatic carbocycles. The van der Waals surface area contributed by atoms with E-state index in [9.17, 15) is 19.2 Å². The summed E-state index contributed by atoms with van der Waals surface area (Å²) < 4.78 is 12.1. The first-order chi connectivity index (χ1) is 23.3. The first-order valence-corrected chi connectivity index (χ1v) is 22.3. The molecule has 1 aliphatic heterocycles. The van der Waals surface area contributed by atoms with Gasteiger partial charge in [0.1, 0.15) is 16.8 Å². The van der Waals surface area contributed by atoms with Crippen LogP contribution in [0.4, 0.5) is 0 Å². The molecule has 0 spiro atoms. The molecule has 1 fully saturated rings. The molecule has 2 amide bonds. The largest absolute Gasteiger partial charge is 0.464 e. The molecule has 0 unspecified atom stereocenters. The average molecular weight is 723 g/mol. The van der Waals surface area contributed by atoms with Crippen molar-refractivity contribution in [1.29, 1.82) is 0 Å². The Morgan fingerprint density at radius 2 is 1.73 bits per heavy atom. The highest BCUT2D eigenvalue weighted by molar-refractivity contribution is 7.09. The van der Waals surface area contributed by atoms with Gasteiger partial charge in [-0.2, -0.15) is 0 Å². The molecule has 10 nitrogen and oxygen atoms in total. The standard InChI is InChI=1S/C37H66N4O6SSi/c1-11-19-28(42)20-18-23-41(36(44)33(27(8)12-2)39-34(43)30-21-16-17-22-40(30)9)31(26(6)7)24-32(47-49(13-3,14-4)15-5)35-38-29(25-48-35)37(45)46-10/h25-27,30-33H,11-24H2,1-10H3,(H,39,43)/t27-,30-,31+,32+,33-/m0/s1. The van der Waals surface area contributed by atoms with Crippen molar-refractivity contribution in [3.05, 3.63) is 16.1 Å². The molecule has 1 aromatic rings. The number of ether oxygens (including phenoxy) is 1. The van der Waals surface area contributed by atoms with E-state index in [1.165, 1.54) is 18.4 Å². The Morgan fingerprint density at radius 3 is 2.29 bits per heavy atom. The Labute approximate surface area is 301 Å². The number of esters is 1. The van der Waals surface area contributed by atoms with Gasteiger partial charge in [0, 0.05) is 30.8 Å². The number of methoxy groups -OCH3 is 1. The van der Waals surface area contributed by atoms with Crippen LogP contribution in [0.5, 0.6) is 0 Å². The molecule has 280 valence electrons. The molecule has 0 aromatic carbocycles. The third kappa shape index (κ3) is 12.2. The number of carbonyl (C=O) groups is 4. The number of nitrogens with zero attached hydrogens (tertiary/aromatic N) is 3. The van der Waals surface area contributed by atoms with Gasteiger partial charge in [0.15, 0.2) is 14.0 Å². The number of nitrogens with one attached hydrogen (secondary N) is 1. The molecule has 0 bridgehead atoms. The highest BCUT2D eigenvalue weighted by Crippen LogP contribution is 2.37. The Bertz CT molecular complexity index is 1180. The van der Waals surface area contributed by atoms with Crippen LogP contribution in [0.25, 0.3) is 0 Å². The van der Waals surface area contributed by atoms with E-state index in [0.717, 1.165) is 56.8 Å². The summed E-state index contributed by atoms with van der Waals surface area (Å²) in [7, 11) is 1.17. The number of aromatic nitrogens is 1. The number of carbonyl (C=O) groups excluding carboxylic acids is 4. The van der Waals surface area contributed by atoms with E-state index < -0.39 is 26.4 Å². The van der Waals surface area contributed by atoms with E-state index in [1.807, 2.05) is 32.7 Å². The SMILES string of the molecule is CCCC(=O)CCCN(C(=O)[C@@H](NC(=O)[C@@H]1CCCCN1C)[C@@H](C)CC)[C@H](C[C@@H](O[Si](CC)(CC)CC)c1nc(C(=O)OC)cs1)C(C)C. The predicted molar refractivity (Wildman–Crippen MR) is 200 cm³/mol. The van der Waals surface area contributed by atoms with Gasteiger partial charge in [-0.3, -0.25) is 19.3 Å². The van der Waals surface area contributed by atoms with Gasteiger partial charge in [0.2, 0.25) is 11.8 Å². The van der Waals surface area contributed by atoms with Gasteiger partial charge < -0.3 is 19.4 Å². The molecule has 1 saturated heterocycles. The fraction of sp³-hybridized carbons (Fsp3) is 0.811. The number of amides is 2. The fourth-order valence-corrected chi connectivity index (χ4v) is 10.6. The minimum atomic E-state index is -2.15. The number of ketones is 1. The lowest BCUT2D eigenvalue weighted by molar-refractivity contribution is -0.143. The van der Waals surface area contributed by atoms with E-state index in [0.29, 0.717) is 37.2 Å². The number of rotatable bonds is 22. The zero-order valence-electron chi connectivity index (χ0n) is 32.1. The third-order valence-corrected chi connectivity index (χ3v) is 16.2. The summed E-state index contributed by atoms with van der Waals surface area (Å²) in [6, 6.07) is 1.62. The van der Waals surface area contributed by atoms with Crippen LogP contribution in [-0.4, -0.2) is 92.0 Å². The molecule has 2 rings (SSSR count). The zero-order valence-corrected chi connectivity index (χ0v) is 34.0. The minimum absolute atomic E-state index is 0.0418. The number of hydrogen-bond donors (Lipinski definition) is 1. The van der Waals surface area contributed by atoms with Crippen LogP contribution in [0.3, 0.4) is 0 Å². The van der Waals surface area contributed by atoms with Gasteiger partial charge in [-0.15, -0.1) is 11.3 Å². The first kappa shape index (κ1) is 43.0. The normalized spacial score (nSPS) is 18.1. The van der Waals surface area contributed by atoms with E-state index in [2.05, 4.69) is 44.8 Å². The highest BCUT2D eigenvalue weighted by Gasteiger charge is 2.40. The van der Waals surface area contributed by atoms with Gasteiger partial charge in [-0.05, 0) is 75.7 Å². The number of likely N-dealkylation sites (tertiary alicyclic amines) is 1. The van der Waals surface area contributed by atoms with Crippen molar-refractivity contribution in [2.24, 2.45) is 11.8 Å². The van der Waals surface area contributed by atoms with Crippen LogP contribution in [0.2, 0.25) is 18.1 Å². The monoisotopic (exact) mass is 722 g/mol. The van der Waals surface area contributed by atoms with Gasteiger partial charge in [0.25, 0.3) is 0 Å². The lowest BCUT2D eigenvalue weighted by Crippen LogP contribution is -2.59. The Morgan fingerprint density at radius 1 is 1.06 bits per heavy atom. The van der Waals surface area contributed by atoms with Crippen molar-refractivity contribution in [2.75, 3.05) is 27.2 Å². The smallest absolute Gasteiger partial charge is 0.357 e. The lowest BCUT2D eigenvalue weighted by Gasteiger charge is -2.41. The van der Waals surface area contributed by atoms with Gasteiger partial charge >= 0.3 is 5.97 Å². The summed E-state index contributed by atoms with van der Waals surface area (Å²) in [4.78, 5) is 62.4. The number of likely N-dealkylation sites (N-methyl/N-ethyl adjacent to an activating group) is 1. The minimum Gasteiger partial charge on any atom is -0.464 e. The summed E-state index contributed by atoms with van der Waals surface area (Å²) in [5.41, 5.74) is 0.253. The molecule has 1 N–H and O–H groups in total. The molecular weight excluding hydrogens is 657 g/mol. The third-order valence-electron chi connectivity index (χ3n) is 10.7. The molecule has 1 aliphatic rings. The first-order valence-electron chi connectivity index (χ1n) is 18.9. The van der Waals surface area contributed by atoms with Crippen molar-refractivity contribution >= 4 is 43.2 Å². The number of Topliss-reactive ketones (excluding diaryl/α,β-unsaturated/α-hetero) is 1. The van der Waals surface area contributed by atoms with E-state index in [4.69, 9.17) is 14.1 Å². The number of hydrogen-bond acceptors (Lipinski definition) is 9. The number of piperidine rings is 1. The zero-order chi connectivity index (χ0) is 36.7. The lowest BCUT2D eigenvalue weighted by atomic mass is 9.91. The molecule has 0 saturated carbocycles. The summed E-state index contributed by atoms with van der Waals surface area (Å²) in [6.45, 7) is 18.1. The van der Waals surface area contributed by atoms with E-state index >= 15 is 0 Å². The molecule has 2 heterocycles. The molecule has 0 radical (unpaired) electrons. The van der Waals surface area contributed by atoms with Gasteiger partial charge in [-0.1, -0.05) is 68.2 Å². The number of thiazole rings is 1. The highest BCUT2D eigenvalue weighted by atomic mass is 32.1. The van der Waals surface area contributed by atoms with Crippen molar-refractivity contribution in [2.45, 2.75) is 156 Å². The molecule has 12 heteroatoms. The van der Waals surface area contributed by atoms with Crippen LogP contribution in [0.15, 0.2) is 5.38 Å². The van der Waals surface area contributed by atoms with Crippen molar-refractivity contribution < 1.29 is 28.3 Å². The quantitative estimate of drug-likeness (QED) is 0.0972. The Hall–Kier alpha value is -2.15. The topological polar surface area (TPSA) is 118 Å². The summed E-state index contributed by atoms with van der Waals surface area (Å²) >= 11 is 1.39.